The van der Waals surface area contributed by atoms with Gasteiger partial charge in [0, 0.05) is 82.3 Å². The molecule has 0 saturated carbocycles. The van der Waals surface area contributed by atoms with E-state index < -0.39 is 23.8 Å². The van der Waals surface area contributed by atoms with E-state index in [1.165, 1.54) is 26.0 Å². The molecule has 4 aliphatic heterocycles. The molecule has 3 atom stereocenters. The van der Waals surface area contributed by atoms with Crippen molar-refractivity contribution in [3.05, 3.63) is 69.2 Å². The van der Waals surface area contributed by atoms with Gasteiger partial charge < -0.3 is 30.3 Å². The fourth-order valence-corrected chi connectivity index (χ4v) is 9.89. The second kappa shape index (κ2) is 15.0. The molecule has 2 bridgehead atoms. The number of aromatic nitrogens is 3. The summed E-state index contributed by atoms with van der Waals surface area (Å²) in [4.78, 5) is 57.2. The Morgan fingerprint density at radius 2 is 1.64 bits per heavy atom. The van der Waals surface area contributed by atoms with Gasteiger partial charge in [-0.2, -0.15) is 13.2 Å². The van der Waals surface area contributed by atoms with Gasteiger partial charge in [-0.25, -0.2) is 9.59 Å². The number of nitrogens with one attached hydrogen (secondary N) is 3. The molecule has 6 heterocycles. The summed E-state index contributed by atoms with van der Waals surface area (Å²) < 4.78 is 44.1. The minimum atomic E-state index is -4.69. The zero-order valence-electron chi connectivity index (χ0n) is 31.0. The van der Waals surface area contributed by atoms with E-state index in [1.807, 2.05) is 24.3 Å². The highest BCUT2D eigenvalue weighted by atomic mass is 35.5. The molecule has 0 spiro atoms. The van der Waals surface area contributed by atoms with E-state index in [4.69, 9.17) is 11.6 Å². The van der Waals surface area contributed by atoms with Gasteiger partial charge in [0.25, 0.3) is 0 Å². The van der Waals surface area contributed by atoms with Crippen LogP contribution >= 0.6 is 11.6 Å². The molecular weight excluding hydrogens is 735 g/mol. The molecule has 8 rings (SSSR count). The summed E-state index contributed by atoms with van der Waals surface area (Å²) in [6.07, 6.45) is 2.49. The van der Waals surface area contributed by atoms with Crippen LogP contribution in [0.2, 0.25) is 5.02 Å². The number of para-hydroxylation sites is 1. The molecule has 2 aromatic heterocycles. The van der Waals surface area contributed by atoms with Crippen LogP contribution in [0.5, 0.6) is 0 Å². The smallest absolute Gasteiger partial charge is 0.386 e. The van der Waals surface area contributed by atoms with Crippen molar-refractivity contribution < 1.29 is 22.8 Å². The number of carbonyl (C=O) groups excluding carboxylic acids is 2. The first-order valence-corrected chi connectivity index (χ1v) is 19.6. The number of amides is 3. The van der Waals surface area contributed by atoms with Crippen molar-refractivity contribution in [3.8, 4) is 0 Å². The van der Waals surface area contributed by atoms with Crippen LogP contribution in [0, 0.1) is 0 Å². The highest BCUT2D eigenvalue weighted by molar-refractivity contribution is 6.33. The van der Waals surface area contributed by atoms with E-state index in [1.54, 1.807) is 20.6 Å². The summed E-state index contributed by atoms with van der Waals surface area (Å²) in [6, 6.07) is 9.88. The molecule has 0 aliphatic carbocycles. The van der Waals surface area contributed by atoms with Gasteiger partial charge in [-0.3, -0.25) is 19.2 Å². The van der Waals surface area contributed by atoms with Crippen molar-refractivity contribution in [1.29, 1.82) is 0 Å². The third-order valence-electron chi connectivity index (χ3n) is 12.5. The number of imidazole rings is 1. The van der Waals surface area contributed by atoms with E-state index in [0.717, 1.165) is 29.8 Å². The van der Waals surface area contributed by atoms with Gasteiger partial charge in [0.15, 0.2) is 0 Å². The number of alkyl halides is 3. The number of benzene rings is 2. The number of carbonyl (C=O) groups is 2. The molecule has 0 radical (unpaired) electrons. The van der Waals surface area contributed by atoms with Crippen LogP contribution < -0.4 is 16.3 Å². The van der Waals surface area contributed by atoms with Crippen molar-refractivity contribution in [2.45, 2.75) is 81.3 Å². The number of anilines is 1. The summed E-state index contributed by atoms with van der Waals surface area (Å²) in [5.74, 6) is -0.334. The van der Waals surface area contributed by atoms with Crippen LogP contribution in [0.4, 0.5) is 23.7 Å². The predicted molar refractivity (Wildman–Crippen MR) is 205 cm³/mol. The minimum absolute atomic E-state index is 0.122. The van der Waals surface area contributed by atoms with Crippen molar-refractivity contribution in [1.82, 2.24) is 39.5 Å². The number of pyridine rings is 1. The molecule has 16 heteroatoms. The van der Waals surface area contributed by atoms with Crippen molar-refractivity contribution in [3.63, 3.8) is 0 Å². The number of nitrogens with zero attached hydrogens (tertiary/aromatic N) is 6. The van der Waals surface area contributed by atoms with Crippen LogP contribution in [-0.2, 0) is 17.4 Å². The lowest BCUT2D eigenvalue weighted by molar-refractivity contribution is -0.137. The van der Waals surface area contributed by atoms with Crippen LogP contribution in [0.1, 0.15) is 55.7 Å². The number of urea groups is 1. The number of H-pyrrole nitrogens is 1. The molecule has 3 amide bonds. The van der Waals surface area contributed by atoms with Gasteiger partial charge in [-0.1, -0.05) is 29.8 Å². The monoisotopic (exact) mass is 781 g/mol. The van der Waals surface area contributed by atoms with Crippen molar-refractivity contribution in [2.24, 2.45) is 0 Å². The predicted octanol–water partition coefficient (Wildman–Crippen LogP) is 5.32. The molecule has 294 valence electrons. The number of piperazine rings is 1. The summed E-state index contributed by atoms with van der Waals surface area (Å²) in [7, 11) is 3.59. The van der Waals surface area contributed by atoms with E-state index in [0.29, 0.717) is 81.3 Å². The molecular formula is C39H47ClF3N9O3. The normalized spacial score (nSPS) is 23.4. The van der Waals surface area contributed by atoms with E-state index in [-0.39, 0.29) is 40.3 Å². The quantitative estimate of drug-likeness (QED) is 0.232. The number of halogens is 4. The maximum absolute atomic E-state index is 14.3. The standard InChI is InChI=1S/C39H47ClF3N9O3/c1-44-35-29(39(41,42)43)17-23(18-30(35)40)19-32(36(53)50-15-13-49(14-16-50)27-20-25-7-8-26(21-27)48(25)2)46-37(54)51-11-9-24(10-12-51)52-33-22-45-31-6-4-3-5-28(31)34(33)47-38(52)55/h3-6,17-18,22,24-27,32,44H,7-16,19-21H2,1-2H3,(H,46,54)(H,47,55). The SMILES string of the molecule is CNc1c(Cl)cc(CC(NC(=O)N2CCC(n3c(=O)[nH]c4c5ccccc5ncc43)CC2)C(=O)N2CCN(C3CC4CCC(C3)N4C)CC2)cc1C(F)(F)F. The highest BCUT2D eigenvalue weighted by Gasteiger charge is 2.42. The summed E-state index contributed by atoms with van der Waals surface area (Å²) >= 11 is 6.34. The molecule has 4 saturated heterocycles. The lowest BCUT2D eigenvalue weighted by Gasteiger charge is -2.45. The number of hydrogen-bond donors (Lipinski definition) is 3. The van der Waals surface area contributed by atoms with Gasteiger partial charge in [0.05, 0.1) is 39.0 Å². The summed E-state index contributed by atoms with van der Waals surface area (Å²) in [5.41, 5.74) is 0.951. The molecule has 2 aromatic carbocycles. The highest BCUT2D eigenvalue weighted by Crippen LogP contribution is 2.40. The Labute approximate surface area is 322 Å². The number of fused-ring (bicyclic) bond motifs is 5. The number of likely N-dealkylation sites (tertiary alicyclic amines) is 1. The Morgan fingerprint density at radius 3 is 2.31 bits per heavy atom. The number of aromatic amines is 1. The molecule has 3 unspecified atom stereocenters. The van der Waals surface area contributed by atoms with Gasteiger partial charge in [0.1, 0.15) is 6.04 Å². The molecule has 4 fully saturated rings. The third kappa shape index (κ3) is 7.26. The number of rotatable bonds is 7. The van der Waals surface area contributed by atoms with Gasteiger partial charge in [-0.15, -0.1) is 0 Å². The van der Waals surface area contributed by atoms with Crippen molar-refractivity contribution in [2.75, 3.05) is 58.7 Å². The lowest BCUT2D eigenvalue weighted by atomic mass is 9.95. The zero-order valence-corrected chi connectivity index (χ0v) is 31.8. The van der Waals surface area contributed by atoms with Crippen LogP contribution in [-0.4, -0.2) is 124 Å². The number of hydrogen-bond acceptors (Lipinski definition) is 7. The Kier molecular flexibility index (Phi) is 10.2. The second-order valence-corrected chi connectivity index (χ2v) is 16.0. The maximum Gasteiger partial charge on any atom is 0.418 e. The van der Waals surface area contributed by atoms with Crippen LogP contribution in [0.3, 0.4) is 0 Å². The molecule has 4 aliphatic rings. The Balaban J connectivity index is 0.977. The average molecular weight is 782 g/mol. The zero-order chi connectivity index (χ0) is 38.6. The van der Waals surface area contributed by atoms with Crippen molar-refractivity contribution >= 4 is 51.2 Å². The first kappa shape index (κ1) is 37.6. The largest absolute Gasteiger partial charge is 0.418 e. The van der Waals surface area contributed by atoms with E-state index in [9.17, 15) is 27.6 Å². The fraction of sp³-hybridized carbons (Fsp3) is 0.538. The topological polar surface area (TPSA) is 122 Å². The first-order valence-electron chi connectivity index (χ1n) is 19.2. The molecule has 12 nitrogen and oxygen atoms in total. The molecule has 55 heavy (non-hydrogen) atoms. The Morgan fingerprint density at radius 1 is 0.945 bits per heavy atom. The minimum Gasteiger partial charge on any atom is -0.386 e. The fourth-order valence-electron chi connectivity index (χ4n) is 9.55. The van der Waals surface area contributed by atoms with Gasteiger partial charge in [-0.05, 0) is 69.3 Å². The van der Waals surface area contributed by atoms with Gasteiger partial charge in [0.2, 0.25) is 5.91 Å². The molecule has 3 N–H and O–H groups in total. The lowest BCUT2D eigenvalue weighted by Crippen LogP contribution is -2.59. The maximum atomic E-state index is 14.3. The van der Waals surface area contributed by atoms with E-state index >= 15 is 0 Å². The first-order chi connectivity index (χ1) is 26.4. The molecule has 4 aromatic rings. The Hall–Kier alpha value is -4.34. The van der Waals surface area contributed by atoms with E-state index in [2.05, 4.69) is 37.4 Å². The Bertz CT molecular complexity index is 2130. The summed E-state index contributed by atoms with van der Waals surface area (Å²) in [6.45, 7) is 2.97. The summed E-state index contributed by atoms with van der Waals surface area (Å²) in [5, 5.41) is 6.17. The number of piperidine rings is 2. The third-order valence-corrected chi connectivity index (χ3v) is 12.8. The van der Waals surface area contributed by atoms with Crippen LogP contribution in [0.25, 0.3) is 21.9 Å². The average Bonchev–Trinajstić information content (AvgIpc) is 3.60. The van der Waals surface area contributed by atoms with Gasteiger partial charge >= 0.3 is 17.9 Å². The second-order valence-electron chi connectivity index (χ2n) is 15.5. The van der Waals surface area contributed by atoms with Crippen LogP contribution in [0.15, 0.2) is 47.4 Å².